The van der Waals surface area contributed by atoms with E-state index in [9.17, 15) is 19.5 Å². The number of ketones is 3. The Hall–Kier alpha value is -1.45. The maximum Gasteiger partial charge on any atom is 0.160 e. The first-order valence-electron chi connectivity index (χ1n) is 4.20. The molecule has 0 aromatic heterocycles. The van der Waals surface area contributed by atoms with Crippen LogP contribution in [0.15, 0.2) is 11.3 Å². The number of hydrogen-bond donors (Lipinski definition) is 1. The third kappa shape index (κ3) is 2.80. The van der Waals surface area contributed by atoms with Gasteiger partial charge in [0.05, 0.1) is 5.76 Å². The first kappa shape index (κ1) is 12.6. The van der Waals surface area contributed by atoms with Crippen LogP contribution in [0.5, 0.6) is 0 Å². The van der Waals surface area contributed by atoms with E-state index in [1.165, 1.54) is 27.7 Å². The molecule has 0 aliphatic heterocycles. The van der Waals surface area contributed by atoms with Gasteiger partial charge in [0.15, 0.2) is 5.78 Å². The lowest BCUT2D eigenvalue weighted by molar-refractivity contribution is -0.130. The summed E-state index contributed by atoms with van der Waals surface area (Å²) in [7, 11) is 0. The van der Waals surface area contributed by atoms with Crippen molar-refractivity contribution in [1.29, 1.82) is 0 Å². The zero-order chi connectivity index (χ0) is 11.5. The van der Waals surface area contributed by atoms with Crippen molar-refractivity contribution in [3.05, 3.63) is 11.3 Å². The van der Waals surface area contributed by atoms with Gasteiger partial charge >= 0.3 is 0 Å². The van der Waals surface area contributed by atoms with E-state index in [2.05, 4.69) is 0 Å². The molecule has 0 bridgehead atoms. The second-order valence-corrected chi connectivity index (χ2v) is 3.21. The van der Waals surface area contributed by atoms with Gasteiger partial charge in [-0.3, -0.25) is 14.4 Å². The molecule has 0 amide bonds. The van der Waals surface area contributed by atoms with Crippen LogP contribution in [0.3, 0.4) is 0 Å². The van der Waals surface area contributed by atoms with E-state index in [0.29, 0.717) is 0 Å². The van der Waals surface area contributed by atoms with Gasteiger partial charge in [0.2, 0.25) is 0 Å². The molecule has 0 aliphatic rings. The van der Waals surface area contributed by atoms with Crippen molar-refractivity contribution in [2.75, 3.05) is 0 Å². The summed E-state index contributed by atoms with van der Waals surface area (Å²) >= 11 is 0. The smallest absolute Gasteiger partial charge is 0.160 e. The first-order chi connectivity index (χ1) is 6.29. The predicted molar refractivity (Wildman–Crippen MR) is 50.9 cm³/mol. The minimum Gasteiger partial charge on any atom is -0.512 e. The van der Waals surface area contributed by atoms with Gasteiger partial charge in [0.1, 0.15) is 17.5 Å². The summed E-state index contributed by atoms with van der Waals surface area (Å²) in [5, 5.41) is 9.21. The van der Waals surface area contributed by atoms with Gasteiger partial charge in [-0.25, -0.2) is 0 Å². The number of allylic oxidation sites excluding steroid dienone is 2. The highest BCUT2D eigenvalue weighted by Crippen LogP contribution is 2.17. The van der Waals surface area contributed by atoms with Crippen LogP contribution in [-0.4, -0.2) is 22.5 Å². The van der Waals surface area contributed by atoms with Crippen molar-refractivity contribution in [3.63, 3.8) is 0 Å². The SMILES string of the molecule is CC(=O)/C(=C(\C)O)C(C(C)=O)C(C)=O. The predicted octanol–water partition coefficient (Wildman–Crippen LogP) is 1.20. The summed E-state index contributed by atoms with van der Waals surface area (Å²) in [5.41, 5.74) is -0.106. The molecular formula is C10H14O4. The molecule has 78 valence electrons. The molecule has 0 rings (SSSR count). The number of hydrogen-bond acceptors (Lipinski definition) is 4. The van der Waals surface area contributed by atoms with Crippen molar-refractivity contribution in [1.82, 2.24) is 0 Å². The number of carbonyl (C=O) groups excluding carboxylic acids is 3. The lowest BCUT2D eigenvalue weighted by Crippen LogP contribution is -2.26. The lowest BCUT2D eigenvalue weighted by atomic mass is 9.88. The summed E-state index contributed by atoms with van der Waals surface area (Å²) in [6, 6.07) is 0. The van der Waals surface area contributed by atoms with Crippen molar-refractivity contribution in [3.8, 4) is 0 Å². The van der Waals surface area contributed by atoms with Gasteiger partial charge in [-0.15, -0.1) is 0 Å². The number of carbonyl (C=O) groups is 3. The lowest BCUT2D eigenvalue weighted by Gasteiger charge is -2.12. The number of Topliss-reactive ketones (excluding diaryl/α,β-unsaturated/α-hetero) is 3. The van der Waals surface area contributed by atoms with Crippen LogP contribution in [0.2, 0.25) is 0 Å². The van der Waals surface area contributed by atoms with Gasteiger partial charge in [0, 0.05) is 5.57 Å². The van der Waals surface area contributed by atoms with Gasteiger partial charge in [-0.2, -0.15) is 0 Å². The Bertz CT molecular complexity index is 294. The van der Waals surface area contributed by atoms with Crippen LogP contribution >= 0.6 is 0 Å². The van der Waals surface area contributed by atoms with Crippen LogP contribution < -0.4 is 0 Å². The molecule has 0 atom stereocenters. The third-order valence-corrected chi connectivity index (χ3v) is 1.87. The van der Waals surface area contributed by atoms with Gasteiger partial charge in [0.25, 0.3) is 0 Å². The highest BCUT2D eigenvalue weighted by Gasteiger charge is 2.28. The van der Waals surface area contributed by atoms with Crippen LogP contribution in [0.4, 0.5) is 0 Å². The van der Waals surface area contributed by atoms with Crippen molar-refractivity contribution in [2.45, 2.75) is 27.7 Å². The maximum atomic E-state index is 11.1. The molecule has 0 aromatic rings. The van der Waals surface area contributed by atoms with Crippen LogP contribution in [0.1, 0.15) is 27.7 Å². The highest BCUT2D eigenvalue weighted by atomic mass is 16.3. The molecule has 0 unspecified atom stereocenters. The quantitative estimate of drug-likeness (QED) is 0.418. The third-order valence-electron chi connectivity index (χ3n) is 1.87. The van der Waals surface area contributed by atoms with Crippen molar-refractivity contribution in [2.24, 2.45) is 5.92 Å². The molecule has 0 aromatic carbocycles. The van der Waals surface area contributed by atoms with Crippen LogP contribution in [0, 0.1) is 5.92 Å². The molecule has 0 fully saturated rings. The van der Waals surface area contributed by atoms with E-state index in [1.54, 1.807) is 0 Å². The van der Waals surface area contributed by atoms with E-state index in [0.717, 1.165) is 0 Å². The largest absolute Gasteiger partial charge is 0.512 e. The Morgan fingerprint density at radius 3 is 1.36 bits per heavy atom. The fraction of sp³-hybridized carbons (Fsp3) is 0.500. The van der Waals surface area contributed by atoms with Crippen molar-refractivity contribution < 1.29 is 19.5 Å². The van der Waals surface area contributed by atoms with Crippen LogP contribution in [-0.2, 0) is 14.4 Å². The van der Waals surface area contributed by atoms with E-state index >= 15 is 0 Å². The zero-order valence-electron chi connectivity index (χ0n) is 8.75. The number of aliphatic hydroxyl groups is 1. The second-order valence-electron chi connectivity index (χ2n) is 3.21. The minimum absolute atomic E-state index is 0.106. The van der Waals surface area contributed by atoms with Gasteiger partial charge < -0.3 is 5.11 Å². The van der Waals surface area contributed by atoms with E-state index in [4.69, 9.17) is 0 Å². The first-order valence-corrected chi connectivity index (χ1v) is 4.20. The molecule has 1 N–H and O–H groups in total. The van der Waals surface area contributed by atoms with E-state index < -0.39 is 23.3 Å². The summed E-state index contributed by atoms with van der Waals surface area (Å²) < 4.78 is 0. The fourth-order valence-corrected chi connectivity index (χ4v) is 1.36. The molecule has 4 heteroatoms. The average Bonchev–Trinajstić information content (AvgIpc) is 1.96. The summed E-state index contributed by atoms with van der Waals surface area (Å²) in [4.78, 5) is 33.3. The van der Waals surface area contributed by atoms with E-state index in [-0.39, 0.29) is 11.3 Å². The van der Waals surface area contributed by atoms with Gasteiger partial charge in [-0.1, -0.05) is 0 Å². The Balaban J connectivity index is 5.39. The summed E-state index contributed by atoms with van der Waals surface area (Å²) in [5.74, 6) is -2.72. The normalized spacial score (nSPS) is 12.4. The molecule has 0 spiro atoms. The fourth-order valence-electron chi connectivity index (χ4n) is 1.36. The second kappa shape index (κ2) is 4.69. The highest BCUT2D eigenvalue weighted by molar-refractivity contribution is 6.11. The molecule has 0 radical (unpaired) electrons. The monoisotopic (exact) mass is 198 g/mol. The van der Waals surface area contributed by atoms with E-state index in [1.807, 2.05) is 0 Å². The van der Waals surface area contributed by atoms with Gasteiger partial charge in [-0.05, 0) is 27.7 Å². The molecular weight excluding hydrogens is 184 g/mol. The number of rotatable bonds is 4. The molecule has 0 aliphatic carbocycles. The Labute approximate surface area is 82.6 Å². The van der Waals surface area contributed by atoms with Crippen molar-refractivity contribution >= 4 is 17.3 Å². The Morgan fingerprint density at radius 2 is 1.29 bits per heavy atom. The van der Waals surface area contributed by atoms with Crippen LogP contribution in [0.25, 0.3) is 0 Å². The Kier molecular flexibility index (Phi) is 4.21. The molecule has 0 saturated heterocycles. The minimum atomic E-state index is -1.13. The average molecular weight is 198 g/mol. The maximum absolute atomic E-state index is 11.1. The Morgan fingerprint density at radius 1 is 0.929 bits per heavy atom. The number of aliphatic hydroxyl groups excluding tert-OH is 1. The molecule has 14 heavy (non-hydrogen) atoms. The molecule has 0 heterocycles. The zero-order valence-corrected chi connectivity index (χ0v) is 8.75. The molecule has 0 saturated carbocycles. The molecule has 4 nitrogen and oxygen atoms in total. The summed E-state index contributed by atoms with van der Waals surface area (Å²) in [6.45, 7) is 4.94. The topological polar surface area (TPSA) is 71.4 Å². The standard InChI is InChI=1S/C10H14O4/c1-5(11)9(6(2)12)10(7(3)13)8(4)14/h9,13H,1-4H3/b10-7-. The summed E-state index contributed by atoms with van der Waals surface area (Å²) in [6.07, 6.45) is 0.